The topological polar surface area (TPSA) is 57.5 Å². The van der Waals surface area contributed by atoms with Crippen molar-refractivity contribution in [2.24, 2.45) is 46.8 Å². The van der Waals surface area contributed by atoms with E-state index in [2.05, 4.69) is 70.7 Å². The van der Waals surface area contributed by atoms with Crippen molar-refractivity contribution in [1.82, 2.24) is 0 Å². The Morgan fingerprint density at radius 2 is 1.71 bits per heavy atom. The van der Waals surface area contributed by atoms with E-state index in [0.29, 0.717) is 29.6 Å². The minimum atomic E-state index is -0.677. The number of aliphatic hydroxyl groups is 1. The third kappa shape index (κ3) is 6.36. The van der Waals surface area contributed by atoms with Crippen LogP contribution < -0.4 is 0 Å². The maximum atomic E-state index is 10.3. The van der Waals surface area contributed by atoms with Crippen molar-refractivity contribution in [3.63, 3.8) is 0 Å². The summed E-state index contributed by atoms with van der Waals surface area (Å²) < 4.78 is 0. The van der Waals surface area contributed by atoms with Crippen LogP contribution >= 0.6 is 0 Å². The molecule has 0 amide bonds. The number of carboxylic acid groups (broad SMARTS) is 1. The molecule has 2 N–H and O–H groups in total. The van der Waals surface area contributed by atoms with Crippen LogP contribution in [0.25, 0.3) is 0 Å². The number of hydrogen-bond donors (Lipinski definition) is 2. The van der Waals surface area contributed by atoms with Crippen molar-refractivity contribution in [3.05, 3.63) is 71.3 Å². The predicted molar refractivity (Wildman–Crippen MR) is 157 cm³/mol. The lowest BCUT2D eigenvalue weighted by Crippen LogP contribution is -2.34. The molecule has 1 aromatic carbocycles. The van der Waals surface area contributed by atoms with Crippen LogP contribution in [0.15, 0.2) is 65.8 Å². The second kappa shape index (κ2) is 12.4. The van der Waals surface area contributed by atoms with Crippen molar-refractivity contribution >= 4 is 5.97 Å². The average Bonchev–Trinajstić information content (AvgIpc) is 3.39. The Bertz CT molecular complexity index is 1030. The molecule has 0 radical (unpaired) electrons. The standard InChI is InChI=1S/C21H30O.C14H20O2/c1-11-6-16-15(13(11)3)8-14(10-22)9-17-19(16)12(2)7-18-20(17)21(18,4)5;15-14(16)12-8-3-1-2-5-9-13-10-6-4-7-11-13/h6,9,12,15-20,22H,3,7-8,10H2,1-2,4-5H3;4,6-7,10-11H,1-3,5,8-9,12H2,(H,15,16)/t12-,15?,16?,17-,18?,19?,20?;/m1./s1. The number of rotatable bonds is 9. The van der Waals surface area contributed by atoms with E-state index in [1.807, 2.05) is 6.07 Å². The Balaban J connectivity index is 0.000000188. The van der Waals surface area contributed by atoms with E-state index in [1.165, 1.54) is 41.5 Å². The summed E-state index contributed by atoms with van der Waals surface area (Å²) in [6.07, 6.45) is 14.3. The smallest absolute Gasteiger partial charge is 0.303 e. The summed E-state index contributed by atoms with van der Waals surface area (Å²) in [5.74, 6) is 4.42. The highest BCUT2D eigenvalue weighted by Crippen LogP contribution is 2.71. The van der Waals surface area contributed by atoms with Crippen LogP contribution in [0.2, 0.25) is 0 Å². The summed E-state index contributed by atoms with van der Waals surface area (Å²) in [6, 6.07) is 10.5. The molecule has 4 aliphatic carbocycles. The average molecular weight is 519 g/mol. The molecule has 3 nitrogen and oxygen atoms in total. The molecule has 1 aromatic rings. The van der Waals surface area contributed by atoms with Crippen molar-refractivity contribution in [3.8, 4) is 0 Å². The van der Waals surface area contributed by atoms with Gasteiger partial charge in [-0.1, -0.05) is 94.7 Å². The number of aryl methyl sites for hydroxylation is 1. The van der Waals surface area contributed by atoms with E-state index < -0.39 is 5.97 Å². The van der Waals surface area contributed by atoms with Crippen LogP contribution in [-0.4, -0.2) is 22.8 Å². The highest BCUT2D eigenvalue weighted by molar-refractivity contribution is 5.66. The fourth-order valence-electron chi connectivity index (χ4n) is 8.22. The maximum Gasteiger partial charge on any atom is 0.303 e. The van der Waals surface area contributed by atoms with Gasteiger partial charge in [-0.05, 0) is 103 Å². The van der Waals surface area contributed by atoms with Gasteiger partial charge in [0.1, 0.15) is 0 Å². The van der Waals surface area contributed by atoms with Gasteiger partial charge in [0, 0.05) is 6.42 Å². The van der Waals surface area contributed by atoms with E-state index in [4.69, 9.17) is 5.11 Å². The molecule has 38 heavy (non-hydrogen) atoms. The van der Waals surface area contributed by atoms with E-state index >= 15 is 0 Å². The number of unbranched alkanes of at least 4 members (excludes halogenated alkanes) is 4. The number of hydrogen-bond acceptors (Lipinski definition) is 2. The molecule has 3 heteroatoms. The lowest BCUT2D eigenvalue weighted by Gasteiger charge is -2.39. The molecule has 5 unspecified atom stereocenters. The molecule has 2 saturated carbocycles. The molecule has 208 valence electrons. The van der Waals surface area contributed by atoms with Gasteiger partial charge >= 0.3 is 5.97 Å². The van der Waals surface area contributed by atoms with Gasteiger partial charge in [0.25, 0.3) is 0 Å². The Hall–Kier alpha value is -2.13. The van der Waals surface area contributed by atoms with Gasteiger partial charge in [0.15, 0.2) is 0 Å². The first-order valence-corrected chi connectivity index (χ1v) is 15.1. The zero-order valence-corrected chi connectivity index (χ0v) is 24.2. The second-order valence-electron chi connectivity index (χ2n) is 13.2. The van der Waals surface area contributed by atoms with E-state index in [-0.39, 0.29) is 6.61 Å². The molecule has 0 bridgehead atoms. The molecule has 2 fully saturated rings. The number of benzene rings is 1. The number of carboxylic acids is 1. The lowest BCUT2D eigenvalue weighted by molar-refractivity contribution is -0.137. The zero-order valence-electron chi connectivity index (χ0n) is 24.2. The number of fused-ring (bicyclic) bond motifs is 5. The predicted octanol–water partition coefficient (Wildman–Crippen LogP) is 8.26. The molecule has 0 heterocycles. The fraction of sp³-hybridized carbons (Fsp3) is 0.629. The number of aliphatic hydroxyl groups excluding tert-OH is 1. The maximum absolute atomic E-state index is 10.3. The quantitative estimate of drug-likeness (QED) is 0.255. The van der Waals surface area contributed by atoms with Crippen molar-refractivity contribution in [1.29, 1.82) is 0 Å². The molecule has 0 spiro atoms. The molecule has 0 aliphatic heterocycles. The summed E-state index contributed by atoms with van der Waals surface area (Å²) in [5, 5.41) is 18.3. The molecule has 4 aliphatic rings. The monoisotopic (exact) mass is 518 g/mol. The molecular weight excluding hydrogens is 468 g/mol. The van der Waals surface area contributed by atoms with Crippen molar-refractivity contribution in [2.75, 3.05) is 6.61 Å². The third-order valence-electron chi connectivity index (χ3n) is 10.4. The summed E-state index contributed by atoms with van der Waals surface area (Å²) >= 11 is 0. The largest absolute Gasteiger partial charge is 0.481 e. The van der Waals surface area contributed by atoms with Gasteiger partial charge in [0.2, 0.25) is 0 Å². The summed E-state index contributed by atoms with van der Waals surface area (Å²) in [5.41, 5.74) is 5.89. The van der Waals surface area contributed by atoms with Crippen LogP contribution in [0.1, 0.15) is 84.6 Å². The first-order chi connectivity index (χ1) is 18.1. The molecular formula is C35H50O3. The Morgan fingerprint density at radius 1 is 1.03 bits per heavy atom. The Labute approximate surface area is 231 Å². The first kappa shape index (κ1) is 28.9. The fourth-order valence-corrected chi connectivity index (χ4v) is 8.22. The van der Waals surface area contributed by atoms with E-state index in [9.17, 15) is 9.90 Å². The van der Waals surface area contributed by atoms with Crippen LogP contribution in [0.5, 0.6) is 0 Å². The second-order valence-corrected chi connectivity index (χ2v) is 13.2. The highest BCUT2D eigenvalue weighted by atomic mass is 16.4. The van der Waals surface area contributed by atoms with E-state index in [1.54, 1.807) is 0 Å². The number of allylic oxidation sites excluding steroid dienone is 4. The Morgan fingerprint density at radius 3 is 2.39 bits per heavy atom. The van der Waals surface area contributed by atoms with Crippen LogP contribution in [0, 0.1) is 46.8 Å². The summed E-state index contributed by atoms with van der Waals surface area (Å²) in [6.45, 7) is 14.2. The minimum Gasteiger partial charge on any atom is -0.481 e. The van der Waals surface area contributed by atoms with Gasteiger partial charge < -0.3 is 10.2 Å². The van der Waals surface area contributed by atoms with Crippen LogP contribution in [0.3, 0.4) is 0 Å². The van der Waals surface area contributed by atoms with Crippen molar-refractivity contribution in [2.45, 2.75) is 85.5 Å². The van der Waals surface area contributed by atoms with E-state index in [0.717, 1.165) is 55.8 Å². The van der Waals surface area contributed by atoms with Gasteiger partial charge in [-0.3, -0.25) is 4.79 Å². The zero-order chi connectivity index (χ0) is 27.4. The van der Waals surface area contributed by atoms with Gasteiger partial charge in [-0.15, -0.1) is 0 Å². The lowest BCUT2D eigenvalue weighted by atomic mass is 9.65. The third-order valence-corrected chi connectivity index (χ3v) is 10.4. The molecule has 5 rings (SSSR count). The number of carbonyl (C=O) groups is 1. The molecule has 0 saturated heterocycles. The van der Waals surface area contributed by atoms with Crippen molar-refractivity contribution < 1.29 is 15.0 Å². The molecule has 0 aromatic heterocycles. The first-order valence-electron chi connectivity index (χ1n) is 15.1. The Kier molecular flexibility index (Phi) is 9.40. The van der Waals surface area contributed by atoms with Gasteiger partial charge in [-0.25, -0.2) is 0 Å². The SMILES string of the molecule is C=C1C(C)=CC2C1CC(CO)=C[C@@H]1C2[C@H](C)CC2C1C2(C)C.O=C(O)CCCCCCCc1ccccc1. The summed E-state index contributed by atoms with van der Waals surface area (Å²) in [4.78, 5) is 10.3. The minimum absolute atomic E-state index is 0.227. The molecule has 7 atom stereocenters. The van der Waals surface area contributed by atoms with Crippen LogP contribution in [0.4, 0.5) is 0 Å². The highest BCUT2D eigenvalue weighted by Gasteiger charge is 2.66. The van der Waals surface area contributed by atoms with Gasteiger partial charge in [-0.2, -0.15) is 0 Å². The number of aliphatic carboxylic acids is 1. The normalized spacial score (nSPS) is 32.4. The summed E-state index contributed by atoms with van der Waals surface area (Å²) in [7, 11) is 0. The van der Waals surface area contributed by atoms with Crippen LogP contribution in [-0.2, 0) is 11.2 Å². The van der Waals surface area contributed by atoms with Gasteiger partial charge in [0.05, 0.1) is 6.61 Å².